The molecule has 1 saturated heterocycles. The van der Waals surface area contributed by atoms with Crippen LogP contribution >= 0.6 is 11.8 Å². The van der Waals surface area contributed by atoms with Crippen molar-refractivity contribution in [3.63, 3.8) is 0 Å². The molecule has 68 valence electrons. The number of esters is 1. The Morgan fingerprint density at radius 1 is 1.67 bits per heavy atom. The average molecular weight is 192 g/mol. The summed E-state index contributed by atoms with van der Waals surface area (Å²) >= 11 is 1.10. The number of carboxylic acid groups (broad SMARTS) is 1. The SMILES string of the molecule is CC(=O)OC1CS[C@@H](C(=O)O)O1. The van der Waals surface area contributed by atoms with Gasteiger partial charge in [-0.15, -0.1) is 11.8 Å². The smallest absolute Gasteiger partial charge is 0.343 e. The van der Waals surface area contributed by atoms with Gasteiger partial charge in [-0.25, -0.2) is 4.79 Å². The van der Waals surface area contributed by atoms with Crippen LogP contribution in [0.5, 0.6) is 0 Å². The summed E-state index contributed by atoms with van der Waals surface area (Å²) in [5.41, 5.74) is -0.908. The fraction of sp³-hybridized carbons (Fsp3) is 0.667. The second-order valence-electron chi connectivity index (χ2n) is 2.18. The molecule has 1 N–H and O–H groups in total. The highest BCUT2D eigenvalue weighted by molar-refractivity contribution is 8.00. The number of carboxylic acids is 1. The number of carbonyl (C=O) groups excluding carboxylic acids is 1. The number of hydrogen-bond acceptors (Lipinski definition) is 5. The van der Waals surface area contributed by atoms with Crippen LogP contribution in [0.4, 0.5) is 0 Å². The van der Waals surface area contributed by atoms with Crippen molar-refractivity contribution in [1.29, 1.82) is 0 Å². The van der Waals surface area contributed by atoms with Gasteiger partial charge in [-0.2, -0.15) is 0 Å². The van der Waals surface area contributed by atoms with Crippen molar-refractivity contribution in [3.8, 4) is 0 Å². The van der Waals surface area contributed by atoms with Gasteiger partial charge in [0.15, 0.2) is 0 Å². The molecule has 12 heavy (non-hydrogen) atoms. The molecule has 6 heteroatoms. The molecule has 0 aliphatic carbocycles. The summed E-state index contributed by atoms with van der Waals surface area (Å²) in [6.45, 7) is 1.25. The molecule has 5 nitrogen and oxygen atoms in total. The van der Waals surface area contributed by atoms with Gasteiger partial charge in [-0.3, -0.25) is 4.79 Å². The van der Waals surface area contributed by atoms with Crippen LogP contribution in [0.3, 0.4) is 0 Å². The molecule has 0 radical (unpaired) electrons. The van der Waals surface area contributed by atoms with Crippen LogP contribution in [0.2, 0.25) is 0 Å². The zero-order valence-electron chi connectivity index (χ0n) is 6.35. The Bertz CT molecular complexity index is 204. The summed E-state index contributed by atoms with van der Waals surface area (Å²) in [6, 6.07) is 0. The third-order valence-electron chi connectivity index (χ3n) is 1.16. The highest BCUT2D eigenvalue weighted by Crippen LogP contribution is 2.25. The van der Waals surface area contributed by atoms with Gasteiger partial charge >= 0.3 is 11.9 Å². The predicted octanol–water partition coefficient (Wildman–Crippen LogP) is 0.0497. The second-order valence-corrected chi connectivity index (χ2v) is 3.27. The third-order valence-corrected chi connectivity index (χ3v) is 2.24. The molecule has 0 spiro atoms. The first-order valence-electron chi connectivity index (χ1n) is 3.26. The van der Waals surface area contributed by atoms with Gasteiger partial charge in [-0.05, 0) is 0 Å². The summed E-state index contributed by atoms with van der Waals surface area (Å²) < 4.78 is 9.50. The van der Waals surface area contributed by atoms with Crippen molar-refractivity contribution in [2.75, 3.05) is 5.75 Å². The van der Waals surface area contributed by atoms with Gasteiger partial charge in [0.25, 0.3) is 0 Å². The maximum atomic E-state index is 10.4. The zero-order valence-corrected chi connectivity index (χ0v) is 7.17. The molecular weight excluding hydrogens is 184 g/mol. The molecule has 0 amide bonds. The molecule has 1 aliphatic heterocycles. The summed E-state index contributed by atoms with van der Waals surface area (Å²) in [5.74, 6) is -1.14. The second kappa shape index (κ2) is 3.77. The van der Waals surface area contributed by atoms with Gasteiger partial charge < -0.3 is 14.6 Å². The molecule has 1 fully saturated rings. The minimum atomic E-state index is -1.05. The van der Waals surface area contributed by atoms with E-state index in [1.165, 1.54) is 6.92 Å². The number of carbonyl (C=O) groups is 2. The van der Waals surface area contributed by atoms with Crippen LogP contribution in [0.1, 0.15) is 6.92 Å². The summed E-state index contributed by atoms with van der Waals surface area (Å²) in [5, 5.41) is 8.48. The van der Waals surface area contributed by atoms with Crippen molar-refractivity contribution in [3.05, 3.63) is 0 Å². The molecule has 1 aliphatic rings. The van der Waals surface area contributed by atoms with Crippen molar-refractivity contribution < 1.29 is 24.2 Å². The van der Waals surface area contributed by atoms with E-state index in [0.29, 0.717) is 5.75 Å². The number of rotatable bonds is 2. The lowest BCUT2D eigenvalue weighted by molar-refractivity contribution is -0.177. The Morgan fingerprint density at radius 3 is 2.75 bits per heavy atom. The van der Waals surface area contributed by atoms with E-state index in [4.69, 9.17) is 9.84 Å². The van der Waals surface area contributed by atoms with E-state index >= 15 is 0 Å². The molecule has 0 saturated carbocycles. The molecular formula is C6H8O5S. The first-order valence-corrected chi connectivity index (χ1v) is 4.31. The summed E-state index contributed by atoms with van der Waals surface area (Å²) in [6.07, 6.45) is -0.714. The summed E-state index contributed by atoms with van der Waals surface area (Å²) in [4.78, 5) is 20.8. The van der Waals surface area contributed by atoms with E-state index < -0.39 is 23.7 Å². The number of aliphatic carboxylic acids is 1. The Balaban J connectivity index is 2.35. The van der Waals surface area contributed by atoms with Gasteiger partial charge in [-0.1, -0.05) is 0 Å². The van der Waals surface area contributed by atoms with Crippen molar-refractivity contribution in [2.24, 2.45) is 0 Å². The van der Waals surface area contributed by atoms with E-state index in [-0.39, 0.29) is 0 Å². The Kier molecular flexibility index (Phi) is 2.93. The number of thioether (sulfide) groups is 1. The van der Waals surface area contributed by atoms with Crippen LogP contribution in [-0.2, 0) is 19.1 Å². The van der Waals surface area contributed by atoms with E-state index in [1.54, 1.807) is 0 Å². The predicted molar refractivity (Wildman–Crippen MR) is 40.5 cm³/mol. The molecule has 0 bridgehead atoms. The maximum absolute atomic E-state index is 10.4. The third kappa shape index (κ3) is 2.38. The van der Waals surface area contributed by atoms with Crippen LogP contribution in [-0.4, -0.2) is 34.5 Å². The summed E-state index contributed by atoms with van der Waals surface area (Å²) in [7, 11) is 0. The van der Waals surface area contributed by atoms with Crippen molar-refractivity contribution in [2.45, 2.75) is 18.6 Å². The number of ether oxygens (including phenoxy) is 2. The molecule has 0 aromatic heterocycles. The van der Waals surface area contributed by atoms with Gasteiger partial charge in [0.1, 0.15) is 0 Å². The fourth-order valence-corrected chi connectivity index (χ4v) is 1.58. The normalized spacial score (nSPS) is 28.4. The Morgan fingerprint density at radius 2 is 2.33 bits per heavy atom. The Labute approximate surface area is 73.0 Å². The lowest BCUT2D eigenvalue weighted by atomic mass is 10.7. The minimum Gasteiger partial charge on any atom is -0.479 e. The maximum Gasteiger partial charge on any atom is 0.343 e. The molecule has 1 rings (SSSR count). The average Bonchev–Trinajstić information content (AvgIpc) is 2.34. The molecule has 2 atom stereocenters. The standard InChI is InChI=1S/C6H8O5S/c1-3(7)10-4-2-12-6(11-4)5(8)9/h4,6H,2H2,1H3,(H,8,9)/t4?,6-/m0/s1. The molecule has 0 aromatic carbocycles. The van der Waals surface area contributed by atoms with Crippen LogP contribution < -0.4 is 0 Å². The van der Waals surface area contributed by atoms with Gasteiger partial charge in [0, 0.05) is 6.92 Å². The minimum absolute atomic E-state index is 0.372. The van der Waals surface area contributed by atoms with E-state index in [2.05, 4.69) is 4.74 Å². The first-order chi connectivity index (χ1) is 5.59. The van der Waals surface area contributed by atoms with Crippen molar-refractivity contribution in [1.82, 2.24) is 0 Å². The van der Waals surface area contributed by atoms with E-state index in [1.807, 2.05) is 0 Å². The zero-order chi connectivity index (χ0) is 9.14. The van der Waals surface area contributed by atoms with Crippen LogP contribution in [0.25, 0.3) is 0 Å². The molecule has 1 heterocycles. The van der Waals surface area contributed by atoms with Crippen LogP contribution in [0, 0.1) is 0 Å². The lowest BCUT2D eigenvalue weighted by Crippen LogP contribution is -2.22. The quantitative estimate of drug-likeness (QED) is 0.623. The fourth-order valence-electron chi connectivity index (χ4n) is 0.759. The van der Waals surface area contributed by atoms with Gasteiger partial charge in [0.05, 0.1) is 5.75 Å². The van der Waals surface area contributed by atoms with E-state index in [9.17, 15) is 9.59 Å². The molecule has 1 unspecified atom stereocenters. The molecule has 0 aromatic rings. The monoisotopic (exact) mass is 192 g/mol. The highest BCUT2D eigenvalue weighted by atomic mass is 32.2. The highest BCUT2D eigenvalue weighted by Gasteiger charge is 2.32. The largest absolute Gasteiger partial charge is 0.479 e. The van der Waals surface area contributed by atoms with E-state index in [0.717, 1.165) is 11.8 Å². The van der Waals surface area contributed by atoms with Crippen molar-refractivity contribution >= 4 is 23.7 Å². The number of hydrogen-bond donors (Lipinski definition) is 1. The Hall–Kier alpha value is -0.750. The lowest BCUT2D eigenvalue weighted by Gasteiger charge is -2.08. The van der Waals surface area contributed by atoms with Crippen LogP contribution in [0.15, 0.2) is 0 Å². The topological polar surface area (TPSA) is 72.8 Å². The first kappa shape index (κ1) is 9.34. The van der Waals surface area contributed by atoms with Gasteiger partial charge in [0.2, 0.25) is 11.7 Å².